The minimum Gasteiger partial charge on any atom is -0.495 e. The zero-order chi connectivity index (χ0) is 13.0. The lowest BCUT2D eigenvalue weighted by Gasteiger charge is -2.10. The lowest BCUT2D eigenvalue weighted by atomic mass is 10.2. The Hall–Kier alpha value is -1.43. The van der Waals surface area contributed by atoms with Gasteiger partial charge >= 0.3 is 5.97 Å². The second-order valence-corrected chi connectivity index (χ2v) is 3.31. The number of carbonyl (C=O) groups excluding carboxylic acids is 1. The van der Waals surface area contributed by atoms with E-state index in [9.17, 15) is 13.6 Å². The number of hydrogen-bond donors (Lipinski definition) is 0. The molecule has 0 spiro atoms. The van der Waals surface area contributed by atoms with E-state index >= 15 is 0 Å². The largest absolute Gasteiger partial charge is 0.495 e. The van der Waals surface area contributed by atoms with Crippen molar-refractivity contribution in [1.82, 2.24) is 4.98 Å². The summed E-state index contributed by atoms with van der Waals surface area (Å²) in [7, 11) is 1.26. The van der Waals surface area contributed by atoms with Crippen LogP contribution in [0.15, 0.2) is 6.07 Å². The third kappa shape index (κ3) is 3.03. The molecule has 0 aliphatic rings. The molecule has 1 aromatic rings. The molecule has 4 nitrogen and oxygen atoms in total. The Bertz CT molecular complexity index is 426. The number of esters is 1. The first kappa shape index (κ1) is 13.6. The van der Waals surface area contributed by atoms with Gasteiger partial charge in [0.25, 0.3) is 6.43 Å². The predicted molar refractivity (Wildman–Crippen MR) is 56.7 cm³/mol. The van der Waals surface area contributed by atoms with Gasteiger partial charge in [0.1, 0.15) is 16.5 Å². The molecule has 0 fully saturated rings. The fourth-order valence-electron chi connectivity index (χ4n) is 1.13. The van der Waals surface area contributed by atoms with Crippen LogP contribution in [0.3, 0.4) is 0 Å². The molecule has 0 unspecified atom stereocenters. The lowest BCUT2D eigenvalue weighted by Crippen LogP contribution is -2.10. The van der Waals surface area contributed by atoms with Crippen molar-refractivity contribution >= 4 is 17.6 Å². The van der Waals surface area contributed by atoms with E-state index in [-0.39, 0.29) is 23.1 Å². The zero-order valence-electron chi connectivity index (χ0n) is 9.17. The van der Waals surface area contributed by atoms with Gasteiger partial charge in [0.2, 0.25) is 0 Å². The fourth-order valence-corrected chi connectivity index (χ4v) is 1.38. The highest BCUT2D eigenvalue weighted by atomic mass is 35.5. The van der Waals surface area contributed by atoms with Crippen LogP contribution in [0.5, 0.6) is 5.75 Å². The molecule has 0 atom stereocenters. The van der Waals surface area contributed by atoms with E-state index in [1.807, 2.05) is 0 Å². The molecule has 0 aliphatic heterocycles. The number of nitrogens with zero attached hydrogens (tertiary/aromatic N) is 1. The second-order valence-electron chi connectivity index (χ2n) is 2.93. The summed E-state index contributed by atoms with van der Waals surface area (Å²) in [4.78, 5) is 14.8. The highest BCUT2D eigenvalue weighted by molar-refractivity contribution is 6.32. The van der Waals surface area contributed by atoms with Gasteiger partial charge in [-0.1, -0.05) is 11.6 Å². The summed E-state index contributed by atoms with van der Waals surface area (Å²) >= 11 is 5.64. The van der Waals surface area contributed by atoms with Crippen molar-refractivity contribution in [3.63, 3.8) is 0 Å². The predicted octanol–water partition coefficient (Wildman–Crippen LogP) is 2.86. The number of ether oxygens (including phenoxy) is 2. The van der Waals surface area contributed by atoms with Gasteiger partial charge in [0.15, 0.2) is 5.69 Å². The number of hydrogen-bond acceptors (Lipinski definition) is 4. The van der Waals surface area contributed by atoms with E-state index in [0.717, 1.165) is 6.07 Å². The molecule has 1 aromatic heterocycles. The SMILES string of the molecule is CCOC(=O)c1cc(OC)c(Cl)c(C(F)F)n1. The van der Waals surface area contributed by atoms with Gasteiger partial charge in [0, 0.05) is 6.07 Å². The van der Waals surface area contributed by atoms with Crippen LogP contribution in [-0.2, 0) is 4.74 Å². The summed E-state index contributed by atoms with van der Waals surface area (Å²) < 4.78 is 34.7. The third-order valence-corrected chi connectivity index (χ3v) is 2.24. The summed E-state index contributed by atoms with van der Waals surface area (Å²) in [6.07, 6.45) is -2.90. The van der Waals surface area contributed by atoms with Crippen LogP contribution in [0.25, 0.3) is 0 Å². The molecule has 0 bridgehead atoms. The Balaban J connectivity index is 3.25. The van der Waals surface area contributed by atoms with Crippen molar-refractivity contribution in [2.75, 3.05) is 13.7 Å². The molecule has 0 radical (unpaired) electrons. The van der Waals surface area contributed by atoms with Crippen LogP contribution in [-0.4, -0.2) is 24.7 Å². The quantitative estimate of drug-likeness (QED) is 0.786. The van der Waals surface area contributed by atoms with Gasteiger partial charge in [-0.2, -0.15) is 0 Å². The monoisotopic (exact) mass is 265 g/mol. The Morgan fingerprint density at radius 1 is 1.59 bits per heavy atom. The van der Waals surface area contributed by atoms with Crippen LogP contribution in [0.1, 0.15) is 29.5 Å². The van der Waals surface area contributed by atoms with Gasteiger partial charge in [-0.15, -0.1) is 0 Å². The summed E-state index contributed by atoms with van der Waals surface area (Å²) in [6, 6.07) is 1.16. The number of alkyl halides is 2. The van der Waals surface area contributed by atoms with E-state index in [0.29, 0.717) is 0 Å². The normalized spacial score (nSPS) is 10.5. The molecule has 0 amide bonds. The highest BCUT2D eigenvalue weighted by Gasteiger charge is 2.22. The average Bonchev–Trinajstić information content (AvgIpc) is 2.29. The van der Waals surface area contributed by atoms with Gasteiger partial charge in [-0.3, -0.25) is 0 Å². The van der Waals surface area contributed by atoms with Crippen LogP contribution in [0.2, 0.25) is 5.02 Å². The number of rotatable bonds is 4. The Labute approximate surface area is 101 Å². The third-order valence-electron chi connectivity index (χ3n) is 1.86. The smallest absolute Gasteiger partial charge is 0.357 e. The molecular weight excluding hydrogens is 256 g/mol. The molecule has 94 valence electrons. The minimum atomic E-state index is -2.90. The van der Waals surface area contributed by atoms with Crippen molar-refractivity contribution in [2.45, 2.75) is 13.3 Å². The zero-order valence-corrected chi connectivity index (χ0v) is 9.92. The number of pyridine rings is 1. The maximum absolute atomic E-state index is 12.6. The fraction of sp³-hybridized carbons (Fsp3) is 0.400. The van der Waals surface area contributed by atoms with Gasteiger partial charge in [-0.05, 0) is 6.92 Å². The van der Waals surface area contributed by atoms with Crippen LogP contribution < -0.4 is 4.74 Å². The van der Waals surface area contributed by atoms with E-state index in [1.165, 1.54) is 7.11 Å². The molecule has 1 rings (SSSR count). The van der Waals surface area contributed by atoms with Crippen LogP contribution in [0.4, 0.5) is 8.78 Å². The molecule has 0 aromatic carbocycles. The van der Waals surface area contributed by atoms with Crippen molar-refractivity contribution < 1.29 is 23.0 Å². The van der Waals surface area contributed by atoms with E-state index in [1.54, 1.807) is 6.92 Å². The first-order valence-electron chi connectivity index (χ1n) is 4.71. The standard InChI is InChI=1S/C10H10ClF2NO3/c1-3-17-10(15)5-4-6(16-2)7(11)8(14-5)9(12)13/h4,9H,3H2,1-2H3. The van der Waals surface area contributed by atoms with Crippen molar-refractivity contribution in [2.24, 2.45) is 0 Å². The lowest BCUT2D eigenvalue weighted by molar-refractivity contribution is 0.0517. The van der Waals surface area contributed by atoms with E-state index < -0.39 is 18.1 Å². The molecule has 0 N–H and O–H groups in total. The molecule has 0 saturated heterocycles. The number of carbonyl (C=O) groups is 1. The molecule has 1 heterocycles. The minimum absolute atomic E-state index is 0.0416. The maximum atomic E-state index is 12.6. The van der Waals surface area contributed by atoms with Gasteiger partial charge in [0.05, 0.1) is 13.7 Å². The van der Waals surface area contributed by atoms with Gasteiger partial charge in [-0.25, -0.2) is 18.6 Å². The number of aromatic nitrogens is 1. The van der Waals surface area contributed by atoms with Crippen LogP contribution >= 0.6 is 11.6 Å². The van der Waals surface area contributed by atoms with Gasteiger partial charge < -0.3 is 9.47 Å². The Morgan fingerprint density at radius 2 is 2.24 bits per heavy atom. The highest BCUT2D eigenvalue weighted by Crippen LogP contribution is 2.33. The summed E-state index contributed by atoms with van der Waals surface area (Å²) in [5.41, 5.74) is -0.961. The summed E-state index contributed by atoms with van der Waals surface area (Å²) in [5, 5.41) is -0.310. The molecule has 17 heavy (non-hydrogen) atoms. The maximum Gasteiger partial charge on any atom is 0.357 e. The van der Waals surface area contributed by atoms with E-state index in [4.69, 9.17) is 16.3 Å². The second kappa shape index (κ2) is 5.77. The topological polar surface area (TPSA) is 48.4 Å². The van der Waals surface area contributed by atoms with Crippen LogP contribution in [0, 0.1) is 0 Å². The molecule has 0 aliphatic carbocycles. The average molecular weight is 266 g/mol. The first-order valence-corrected chi connectivity index (χ1v) is 5.08. The number of methoxy groups -OCH3 is 1. The first-order chi connectivity index (χ1) is 8.01. The summed E-state index contributed by atoms with van der Waals surface area (Å²) in [6.45, 7) is 1.72. The molecular formula is C10H10ClF2NO3. The van der Waals surface area contributed by atoms with E-state index in [2.05, 4.69) is 9.72 Å². The molecule has 0 saturated carbocycles. The number of halogens is 3. The van der Waals surface area contributed by atoms with Crippen molar-refractivity contribution in [3.05, 3.63) is 22.5 Å². The van der Waals surface area contributed by atoms with Crippen molar-refractivity contribution in [1.29, 1.82) is 0 Å². The molecule has 7 heteroatoms. The summed E-state index contributed by atoms with van der Waals surface area (Å²) in [5.74, 6) is -0.843. The van der Waals surface area contributed by atoms with Crippen molar-refractivity contribution in [3.8, 4) is 5.75 Å². The Morgan fingerprint density at radius 3 is 2.71 bits per heavy atom. The Kier molecular flexibility index (Phi) is 4.62.